The second-order valence-electron chi connectivity index (χ2n) is 7.95. The van der Waals surface area contributed by atoms with Gasteiger partial charge in [-0.2, -0.15) is 0 Å². The number of carbonyl (C=O) groups is 1. The number of carbonyl (C=O) groups excluding carboxylic acids is 1. The Morgan fingerprint density at radius 2 is 1.76 bits per heavy atom. The lowest BCUT2D eigenvalue weighted by molar-refractivity contribution is -0.118. The number of hydrogen-bond donors (Lipinski definition) is 0. The predicted octanol–water partition coefficient (Wildman–Crippen LogP) is 5.00. The molecule has 0 fully saturated rings. The van der Waals surface area contributed by atoms with Gasteiger partial charge in [0, 0.05) is 6.54 Å². The maximum atomic E-state index is 13.3. The predicted molar refractivity (Wildman–Crippen MR) is 124 cm³/mol. The molecule has 0 spiro atoms. The summed E-state index contributed by atoms with van der Waals surface area (Å²) < 4.78 is 1.15. The van der Waals surface area contributed by atoms with Gasteiger partial charge in [0.15, 0.2) is 5.13 Å². The molecule has 1 aromatic heterocycles. The first-order valence-electron chi connectivity index (χ1n) is 10.3. The van der Waals surface area contributed by atoms with Crippen molar-refractivity contribution < 1.29 is 4.79 Å². The molecule has 0 aliphatic heterocycles. The standard InChI is InChI=1S/C24H31N3OS/c1-6-19-10-11-21-22(15-19)29-24(25-21)27(13-7-12-26(4)5)23(28)16-20-9-8-17(2)18(3)14-20/h8-11,14-15H,6-7,12-13,16H2,1-5H3. The number of nitrogens with zero attached hydrogens (tertiary/aromatic N) is 3. The van der Waals surface area contributed by atoms with Gasteiger partial charge in [-0.25, -0.2) is 4.98 Å². The topological polar surface area (TPSA) is 36.4 Å². The zero-order valence-electron chi connectivity index (χ0n) is 18.2. The summed E-state index contributed by atoms with van der Waals surface area (Å²) in [5, 5.41) is 0.806. The number of rotatable bonds is 8. The number of anilines is 1. The molecule has 0 bridgehead atoms. The van der Waals surface area contributed by atoms with Crippen molar-refractivity contribution in [3.63, 3.8) is 0 Å². The number of aryl methyl sites for hydroxylation is 3. The van der Waals surface area contributed by atoms with E-state index < -0.39 is 0 Å². The molecule has 0 aliphatic carbocycles. The van der Waals surface area contributed by atoms with Gasteiger partial charge in [-0.1, -0.05) is 42.5 Å². The zero-order valence-corrected chi connectivity index (χ0v) is 19.0. The minimum Gasteiger partial charge on any atom is -0.309 e. The van der Waals surface area contributed by atoms with Crippen LogP contribution in [-0.4, -0.2) is 43.0 Å². The third-order valence-electron chi connectivity index (χ3n) is 5.30. The second-order valence-corrected chi connectivity index (χ2v) is 8.96. The summed E-state index contributed by atoms with van der Waals surface area (Å²) in [6, 6.07) is 12.7. The van der Waals surface area contributed by atoms with E-state index in [-0.39, 0.29) is 5.91 Å². The van der Waals surface area contributed by atoms with Crippen LogP contribution in [0.2, 0.25) is 0 Å². The molecule has 0 N–H and O–H groups in total. The minimum absolute atomic E-state index is 0.113. The molecule has 154 valence electrons. The third kappa shape index (κ3) is 5.43. The van der Waals surface area contributed by atoms with Gasteiger partial charge in [0.05, 0.1) is 16.6 Å². The van der Waals surface area contributed by atoms with Crippen molar-refractivity contribution >= 4 is 32.6 Å². The molecule has 29 heavy (non-hydrogen) atoms. The molecule has 3 aromatic rings. The number of hydrogen-bond acceptors (Lipinski definition) is 4. The van der Waals surface area contributed by atoms with Crippen molar-refractivity contribution in [1.82, 2.24) is 9.88 Å². The van der Waals surface area contributed by atoms with Crippen LogP contribution in [0.15, 0.2) is 36.4 Å². The Morgan fingerprint density at radius 1 is 1.00 bits per heavy atom. The van der Waals surface area contributed by atoms with Crippen LogP contribution < -0.4 is 4.90 Å². The summed E-state index contributed by atoms with van der Waals surface area (Å²) in [7, 11) is 4.12. The van der Waals surface area contributed by atoms with Crippen LogP contribution >= 0.6 is 11.3 Å². The molecule has 5 heteroatoms. The Hall–Kier alpha value is -2.24. The Kier molecular flexibility index (Phi) is 7.04. The van der Waals surface area contributed by atoms with Crippen molar-refractivity contribution in [3.05, 3.63) is 58.7 Å². The fraction of sp³-hybridized carbons (Fsp3) is 0.417. The highest BCUT2D eigenvalue weighted by Gasteiger charge is 2.20. The van der Waals surface area contributed by atoms with Crippen LogP contribution in [-0.2, 0) is 17.6 Å². The number of benzene rings is 2. The van der Waals surface area contributed by atoms with Gasteiger partial charge >= 0.3 is 0 Å². The van der Waals surface area contributed by atoms with Crippen molar-refractivity contribution in [1.29, 1.82) is 0 Å². The molecular weight excluding hydrogens is 378 g/mol. The molecule has 4 nitrogen and oxygen atoms in total. The molecule has 0 unspecified atom stereocenters. The third-order valence-corrected chi connectivity index (χ3v) is 6.34. The summed E-state index contributed by atoms with van der Waals surface area (Å²) in [5.41, 5.74) is 5.81. The monoisotopic (exact) mass is 409 g/mol. The summed E-state index contributed by atoms with van der Waals surface area (Å²) in [4.78, 5) is 22.1. The molecule has 3 rings (SSSR count). The minimum atomic E-state index is 0.113. The van der Waals surface area contributed by atoms with Gasteiger partial charge in [-0.15, -0.1) is 0 Å². The van der Waals surface area contributed by atoms with Crippen molar-refractivity contribution in [2.45, 2.75) is 40.0 Å². The fourth-order valence-corrected chi connectivity index (χ4v) is 4.42. The van der Waals surface area contributed by atoms with E-state index in [1.807, 2.05) is 4.90 Å². The number of aromatic nitrogens is 1. The lowest BCUT2D eigenvalue weighted by atomic mass is 10.0. The van der Waals surface area contributed by atoms with E-state index in [4.69, 9.17) is 4.98 Å². The lowest BCUT2D eigenvalue weighted by Gasteiger charge is -2.21. The van der Waals surface area contributed by atoms with Crippen molar-refractivity contribution in [2.24, 2.45) is 0 Å². The van der Waals surface area contributed by atoms with Crippen molar-refractivity contribution in [2.75, 3.05) is 32.1 Å². The average Bonchev–Trinajstić information content (AvgIpc) is 3.10. The lowest BCUT2D eigenvalue weighted by Crippen LogP contribution is -2.34. The van der Waals surface area contributed by atoms with Crippen LogP contribution in [0.1, 0.15) is 35.6 Å². The first-order chi connectivity index (χ1) is 13.9. The molecule has 0 radical (unpaired) electrons. The van der Waals surface area contributed by atoms with E-state index in [2.05, 4.69) is 76.2 Å². The van der Waals surface area contributed by atoms with Crippen LogP contribution in [0.4, 0.5) is 5.13 Å². The maximum absolute atomic E-state index is 13.3. The van der Waals surface area contributed by atoms with Gasteiger partial charge < -0.3 is 4.90 Å². The first kappa shape index (κ1) is 21.5. The average molecular weight is 410 g/mol. The van der Waals surface area contributed by atoms with Crippen LogP contribution in [0, 0.1) is 13.8 Å². The normalized spacial score (nSPS) is 11.4. The van der Waals surface area contributed by atoms with Crippen LogP contribution in [0.5, 0.6) is 0 Å². The Morgan fingerprint density at radius 3 is 2.45 bits per heavy atom. The SMILES string of the molecule is CCc1ccc2nc(N(CCCN(C)C)C(=O)Cc3ccc(C)c(C)c3)sc2c1. The van der Waals surface area contributed by atoms with E-state index in [0.29, 0.717) is 13.0 Å². The summed E-state index contributed by atoms with van der Waals surface area (Å²) in [5.74, 6) is 0.113. The Balaban J connectivity index is 1.86. The van der Waals surface area contributed by atoms with Crippen molar-refractivity contribution in [3.8, 4) is 0 Å². The van der Waals surface area contributed by atoms with E-state index in [9.17, 15) is 4.79 Å². The molecule has 0 saturated carbocycles. The summed E-state index contributed by atoms with van der Waals surface area (Å²) in [6.07, 6.45) is 2.32. The maximum Gasteiger partial charge on any atom is 0.233 e. The Bertz CT molecular complexity index is 993. The summed E-state index contributed by atoms with van der Waals surface area (Å²) in [6.45, 7) is 7.97. The van der Waals surface area contributed by atoms with Crippen LogP contribution in [0.25, 0.3) is 10.2 Å². The fourth-order valence-electron chi connectivity index (χ4n) is 3.35. The highest BCUT2D eigenvalue weighted by Crippen LogP contribution is 2.30. The van der Waals surface area contributed by atoms with Crippen LogP contribution in [0.3, 0.4) is 0 Å². The van der Waals surface area contributed by atoms with Gasteiger partial charge in [-0.05, 0) is 81.7 Å². The largest absolute Gasteiger partial charge is 0.309 e. The molecule has 0 atom stereocenters. The highest BCUT2D eigenvalue weighted by atomic mass is 32.1. The first-order valence-corrected chi connectivity index (χ1v) is 11.1. The van der Waals surface area contributed by atoms with Gasteiger partial charge in [-0.3, -0.25) is 9.69 Å². The van der Waals surface area contributed by atoms with E-state index in [1.165, 1.54) is 16.7 Å². The van der Waals surface area contributed by atoms with E-state index in [0.717, 1.165) is 40.3 Å². The molecule has 2 aromatic carbocycles. The molecular formula is C24H31N3OS. The summed E-state index contributed by atoms with van der Waals surface area (Å²) >= 11 is 1.62. The highest BCUT2D eigenvalue weighted by molar-refractivity contribution is 7.22. The zero-order chi connectivity index (χ0) is 21.0. The van der Waals surface area contributed by atoms with E-state index in [1.54, 1.807) is 11.3 Å². The number of amides is 1. The second kappa shape index (κ2) is 9.51. The molecule has 0 aliphatic rings. The molecule has 1 heterocycles. The Labute approximate surface area is 178 Å². The molecule has 0 saturated heterocycles. The number of thiazole rings is 1. The molecule has 1 amide bonds. The van der Waals surface area contributed by atoms with Gasteiger partial charge in [0.1, 0.15) is 0 Å². The van der Waals surface area contributed by atoms with Gasteiger partial charge in [0.2, 0.25) is 5.91 Å². The van der Waals surface area contributed by atoms with E-state index >= 15 is 0 Å². The van der Waals surface area contributed by atoms with Gasteiger partial charge in [0.25, 0.3) is 0 Å². The smallest absolute Gasteiger partial charge is 0.233 e. The quantitative estimate of drug-likeness (QED) is 0.525. The number of fused-ring (bicyclic) bond motifs is 1.